The molecule has 1 aromatic carbocycles. The van der Waals surface area contributed by atoms with E-state index in [1.165, 1.54) is 18.1 Å². The van der Waals surface area contributed by atoms with E-state index in [2.05, 4.69) is 45.5 Å². The van der Waals surface area contributed by atoms with Gasteiger partial charge in [0.25, 0.3) is 0 Å². The summed E-state index contributed by atoms with van der Waals surface area (Å²) in [6.07, 6.45) is 4.99. The largest absolute Gasteiger partial charge is 0.478 e. The van der Waals surface area contributed by atoms with Crippen molar-refractivity contribution in [3.63, 3.8) is 0 Å². The summed E-state index contributed by atoms with van der Waals surface area (Å²) < 4.78 is 0. The van der Waals surface area contributed by atoms with E-state index in [-0.39, 0.29) is 11.6 Å². The fourth-order valence-corrected chi connectivity index (χ4v) is 3.58. The van der Waals surface area contributed by atoms with Gasteiger partial charge < -0.3 is 15.3 Å². The van der Waals surface area contributed by atoms with Gasteiger partial charge in [-0.3, -0.25) is 4.98 Å². The Morgan fingerprint density at radius 1 is 1.35 bits per heavy atom. The first kappa shape index (κ1) is 18.5. The number of benzene rings is 1. The van der Waals surface area contributed by atoms with Crippen molar-refractivity contribution in [2.45, 2.75) is 38.3 Å². The first-order valence-electron chi connectivity index (χ1n) is 9.33. The monoisotopic (exact) mass is 353 g/mol. The van der Waals surface area contributed by atoms with E-state index in [1.807, 2.05) is 6.92 Å². The van der Waals surface area contributed by atoms with Gasteiger partial charge >= 0.3 is 5.97 Å². The molecule has 2 heterocycles. The highest BCUT2D eigenvalue weighted by Crippen LogP contribution is 2.17. The Bertz CT molecular complexity index is 720. The van der Waals surface area contributed by atoms with E-state index < -0.39 is 5.97 Å². The van der Waals surface area contributed by atoms with Crippen LogP contribution in [0, 0.1) is 0 Å². The van der Waals surface area contributed by atoms with Crippen LogP contribution < -0.4 is 5.32 Å². The fourth-order valence-electron chi connectivity index (χ4n) is 3.58. The molecule has 1 aliphatic heterocycles. The average molecular weight is 353 g/mol. The minimum atomic E-state index is -0.911. The van der Waals surface area contributed by atoms with Gasteiger partial charge in [-0.15, -0.1) is 0 Å². The van der Waals surface area contributed by atoms with Gasteiger partial charge in [0, 0.05) is 24.8 Å². The molecule has 1 aromatic heterocycles. The van der Waals surface area contributed by atoms with Crippen LogP contribution in [0.2, 0.25) is 0 Å². The molecule has 2 aromatic rings. The lowest BCUT2D eigenvalue weighted by Gasteiger charge is -2.20. The average Bonchev–Trinajstić information content (AvgIpc) is 3.10. The molecule has 0 aliphatic carbocycles. The van der Waals surface area contributed by atoms with Gasteiger partial charge in [0.15, 0.2) is 0 Å². The minimum Gasteiger partial charge on any atom is -0.478 e. The van der Waals surface area contributed by atoms with E-state index in [4.69, 9.17) is 5.11 Å². The molecule has 5 heteroatoms. The molecule has 1 unspecified atom stereocenters. The molecular formula is C21H27N3O2. The maximum atomic E-state index is 11.1. The lowest BCUT2D eigenvalue weighted by atomic mass is 10.1. The van der Waals surface area contributed by atoms with Gasteiger partial charge in [0.1, 0.15) is 0 Å². The Morgan fingerprint density at radius 2 is 2.15 bits per heavy atom. The Labute approximate surface area is 155 Å². The van der Waals surface area contributed by atoms with Crippen molar-refractivity contribution in [2.24, 2.45) is 0 Å². The van der Waals surface area contributed by atoms with Crippen molar-refractivity contribution in [3.05, 3.63) is 65.5 Å². The van der Waals surface area contributed by atoms with Crippen LogP contribution in [-0.2, 0) is 6.42 Å². The molecule has 0 saturated carbocycles. The van der Waals surface area contributed by atoms with Crippen molar-refractivity contribution in [1.29, 1.82) is 0 Å². The van der Waals surface area contributed by atoms with Crippen LogP contribution in [0.4, 0.5) is 0 Å². The lowest BCUT2D eigenvalue weighted by Crippen LogP contribution is -2.35. The van der Waals surface area contributed by atoms with Crippen molar-refractivity contribution in [2.75, 3.05) is 19.6 Å². The third-order valence-corrected chi connectivity index (χ3v) is 5.01. The fraction of sp³-hybridized carbons (Fsp3) is 0.429. The number of carbonyl (C=O) groups is 1. The number of aromatic carboxylic acids is 1. The lowest BCUT2D eigenvalue weighted by molar-refractivity contribution is 0.0696. The number of aryl methyl sites for hydroxylation is 1. The molecule has 26 heavy (non-hydrogen) atoms. The number of carboxylic acid groups (broad SMARTS) is 1. The molecule has 138 valence electrons. The number of hydrogen-bond donors (Lipinski definition) is 2. The minimum absolute atomic E-state index is 0.0450. The van der Waals surface area contributed by atoms with Crippen LogP contribution in [0.1, 0.15) is 47.4 Å². The topological polar surface area (TPSA) is 65.5 Å². The normalized spacial score (nSPS) is 18.7. The summed E-state index contributed by atoms with van der Waals surface area (Å²) in [5.41, 5.74) is 2.48. The van der Waals surface area contributed by atoms with E-state index >= 15 is 0 Å². The molecule has 2 N–H and O–H groups in total. The van der Waals surface area contributed by atoms with Gasteiger partial charge in [-0.25, -0.2) is 4.79 Å². The van der Waals surface area contributed by atoms with Gasteiger partial charge in [0.05, 0.1) is 11.3 Å². The number of likely N-dealkylation sites (tertiary alicyclic amines) is 1. The number of nitrogens with zero attached hydrogens (tertiary/aromatic N) is 2. The highest BCUT2D eigenvalue weighted by atomic mass is 16.4. The molecule has 5 nitrogen and oxygen atoms in total. The molecule has 1 saturated heterocycles. The van der Waals surface area contributed by atoms with Crippen molar-refractivity contribution >= 4 is 5.97 Å². The van der Waals surface area contributed by atoms with Crippen LogP contribution in [-0.4, -0.2) is 46.6 Å². The summed E-state index contributed by atoms with van der Waals surface area (Å²) in [4.78, 5) is 17.9. The molecule has 0 radical (unpaired) electrons. The molecule has 2 atom stereocenters. The molecule has 0 amide bonds. The number of nitrogens with one attached hydrogen (secondary N) is 1. The Kier molecular flexibility index (Phi) is 6.36. The molecule has 0 bridgehead atoms. The van der Waals surface area contributed by atoms with Gasteiger partial charge in [-0.2, -0.15) is 0 Å². The predicted molar refractivity (Wildman–Crippen MR) is 102 cm³/mol. The second-order valence-electron chi connectivity index (χ2n) is 7.04. The maximum absolute atomic E-state index is 11.1. The zero-order valence-electron chi connectivity index (χ0n) is 15.3. The summed E-state index contributed by atoms with van der Waals surface area (Å²) in [6.45, 7) is 5.32. The zero-order chi connectivity index (χ0) is 18.4. The third-order valence-electron chi connectivity index (χ3n) is 5.01. The number of hydrogen-bond acceptors (Lipinski definition) is 4. The Balaban J connectivity index is 1.44. The summed E-state index contributed by atoms with van der Waals surface area (Å²) in [7, 11) is 0. The molecule has 3 rings (SSSR count). The summed E-state index contributed by atoms with van der Waals surface area (Å²) in [5, 5.41) is 12.7. The number of carboxylic acids is 1. The standard InChI is InChI=1S/C21H27N3O2/c1-16(20-14-18(21(25)26)9-11-22-20)23-19-10-13-24(15-19)12-5-8-17-6-3-2-4-7-17/h2-4,6-7,9,11,14,16,19,23H,5,8,10,12-13,15H2,1H3,(H,25,26)/t16?,19-/m1/s1. The second-order valence-corrected chi connectivity index (χ2v) is 7.04. The van der Waals surface area contributed by atoms with Crippen LogP contribution in [0.3, 0.4) is 0 Å². The van der Waals surface area contributed by atoms with Gasteiger partial charge in [0.2, 0.25) is 0 Å². The SMILES string of the molecule is CC(N[C@@H]1CCN(CCCc2ccccc2)C1)c1cc(C(=O)O)ccn1. The number of aromatic nitrogens is 1. The van der Waals surface area contributed by atoms with E-state index in [9.17, 15) is 4.79 Å². The van der Waals surface area contributed by atoms with E-state index in [1.54, 1.807) is 12.3 Å². The van der Waals surface area contributed by atoms with Gasteiger partial charge in [-0.1, -0.05) is 30.3 Å². The quantitative estimate of drug-likeness (QED) is 0.763. The smallest absolute Gasteiger partial charge is 0.335 e. The Hall–Kier alpha value is -2.24. The first-order chi connectivity index (χ1) is 12.6. The van der Waals surface area contributed by atoms with Crippen molar-refractivity contribution in [1.82, 2.24) is 15.2 Å². The summed E-state index contributed by atoms with van der Waals surface area (Å²) in [5.74, 6) is -0.911. The highest BCUT2D eigenvalue weighted by Gasteiger charge is 2.24. The first-order valence-corrected chi connectivity index (χ1v) is 9.33. The Morgan fingerprint density at radius 3 is 2.92 bits per heavy atom. The number of pyridine rings is 1. The maximum Gasteiger partial charge on any atom is 0.335 e. The predicted octanol–water partition coefficient (Wildman–Crippen LogP) is 3.14. The van der Waals surface area contributed by atoms with Crippen LogP contribution >= 0.6 is 0 Å². The molecule has 1 aliphatic rings. The van der Waals surface area contributed by atoms with Gasteiger partial charge in [-0.05, 0) is 57.0 Å². The van der Waals surface area contributed by atoms with Crippen LogP contribution in [0.5, 0.6) is 0 Å². The van der Waals surface area contributed by atoms with Crippen molar-refractivity contribution in [3.8, 4) is 0 Å². The summed E-state index contributed by atoms with van der Waals surface area (Å²) >= 11 is 0. The van der Waals surface area contributed by atoms with Crippen LogP contribution in [0.25, 0.3) is 0 Å². The van der Waals surface area contributed by atoms with Crippen molar-refractivity contribution < 1.29 is 9.90 Å². The van der Waals surface area contributed by atoms with E-state index in [0.29, 0.717) is 6.04 Å². The third kappa shape index (κ3) is 5.13. The zero-order valence-corrected chi connectivity index (χ0v) is 15.3. The highest BCUT2D eigenvalue weighted by molar-refractivity contribution is 5.87. The second kappa shape index (κ2) is 8.92. The molecular weight excluding hydrogens is 326 g/mol. The summed E-state index contributed by atoms with van der Waals surface area (Å²) in [6, 6.07) is 14.3. The van der Waals surface area contributed by atoms with Crippen LogP contribution in [0.15, 0.2) is 48.7 Å². The van der Waals surface area contributed by atoms with E-state index in [0.717, 1.165) is 38.2 Å². The molecule has 0 spiro atoms. The molecule has 1 fully saturated rings. The number of rotatable bonds is 8.